The molecular weight excluding hydrogens is 409 g/mol. The molecule has 0 unspecified atom stereocenters. The fraction of sp³-hybridized carbons (Fsp3) is 0.0455. The van der Waals surface area contributed by atoms with Gasteiger partial charge in [-0.05, 0) is 48.5 Å². The molecular formula is C22H15Cl2N3O2. The lowest BCUT2D eigenvalue weighted by Crippen LogP contribution is -2.38. The number of amides is 2. The lowest BCUT2D eigenvalue weighted by atomic mass is 10.1. The number of nitrogens with zero attached hydrogens (tertiary/aromatic N) is 2. The molecule has 0 saturated carbocycles. The normalized spacial score (nSPS) is 10.1. The van der Waals surface area contributed by atoms with Crippen molar-refractivity contribution in [1.29, 1.82) is 5.26 Å². The number of nitriles is 1. The molecule has 0 aromatic heterocycles. The van der Waals surface area contributed by atoms with Gasteiger partial charge in [-0.15, -0.1) is 0 Å². The van der Waals surface area contributed by atoms with Gasteiger partial charge in [0.2, 0.25) is 5.91 Å². The number of anilines is 2. The van der Waals surface area contributed by atoms with Gasteiger partial charge in [0.1, 0.15) is 6.54 Å². The first-order valence-corrected chi connectivity index (χ1v) is 9.35. The molecule has 5 nitrogen and oxygen atoms in total. The zero-order chi connectivity index (χ0) is 20.8. The highest BCUT2D eigenvalue weighted by molar-refractivity contribution is 6.42. The molecule has 7 heteroatoms. The summed E-state index contributed by atoms with van der Waals surface area (Å²) in [4.78, 5) is 27.1. The largest absolute Gasteiger partial charge is 0.324 e. The van der Waals surface area contributed by atoms with Gasteiger partial charge in [-0.25, -0.2) is 0 Å². The van der Waals surface area contributed by atoms with Crippen molar-refractivity contribution in [2.75, 3.05) is 16.8 Å². The summed E-state index contributed by atoms with van der Waals surface area (Å²) in [5.74, 6) is -0.797. The van der Waals surface area contributed by atoms with Crippen molar-refractivity contribution < 1.29 is 9.59 Å². The van der Waals surface area contributed by atoms with E-state index in [-0.39, 0.29) is 6.54 Å². The predicted octanol–water partition coefficient (Wildman–Crippen LogP) is 5.15. The zero-order valence-electron chi connectivity index (χ0n) is 15.1. The number of para-hydroxylation sites is 1. The maximum absolute atomic E-state index is 13.1. The van der Waals surface area contributed by atoms with Gasteiger partial charge in [-0.1, -0.05) is 47.5 Å². The minimum atomic E-state index is -0.406. The van der Waals surface area contributed by atoms with Crippen LogP contribution >= 0.6 is 23.2 Å². The van der Waals surface area contributed by atoms with Gasteiger partial charge in [0.15, 0.2) is 0 Å². The Hall–Kier alpha value is -3.33. The van der Waals surface area contributed by atoms with E-state index in [0.29, 0.717) is 32.5 Å². The van der Waals surface area contributed by atoms with Crippen LogP contribution in [0.25, 0.3) is 0 Å². The Kier molecular flexibility index (Phi) is 6.50. The highest BCUT2D eigenvalue weighted by atomic mass is 35.5. The number of benzene rings is 3. The Bertz CT molecular complexity index is 1090. The van der Waals surface area contributed by atoms with Gasteiger partial charge in [0, 0.05) is 16.9 Å². The van der Waals surface area contributed by atoms with Crippen LogP contribution in [0.5, 0.6) is 0 Å². The molecule has 0 atom stereocenters. The average Bonchev–Trinajstić information content (AvgIpc) is 2.75. The monoisotopic (exact) mass is 423 g/mol. The Morgan fingerprint density at radius 1 is 0.931 bits per heavy atom. The van der Waals surface area contributed by atoms with Gasteiger partial charge >= 0.3 is 0 Å². The summed E-state index contributed by atoms with van der Waals surface area (Å²) < 4.78 is 0. The van der Waals surface area contributed by atoms with Gasteiger partial charge < -0.3 is 5.32 Å². The molecule has 3 aromatic rings. The van der Waals surface area contributed by atoms with E-state index in [2.05, 4.69) is 5.32 Å². The maximum atomic E-state index is 13.1. The molecule has 0 aliphatic rings. The molecule has 0 saturated heterocycles. The molecule has 0 spiro atoms. The molecule has 0 aliphatic carbocycles. The Morgan fingerprint density at radius 3 is 2.38 bits per heavy atom. The van der Waals surface area contributed by atoms with Crippen LogP contribution in [-0.4, -0.2) is 18.4 Å². The summed E-state index contributed by atoms with van der Waals surface area (Å²) >= 11 is 11.9. The molecule has 0 heterocycles. The number of carbonyl (C=O) groups excluding carboxylic acids is 2. The van der Waals surface area contributed by atoms with E-state index in [0.717, 1.165) is 0 Å². The van der Waals surface area contributed by atoms with E-state index >= 15 is 0 Å². The molecule has 2 amide bonds. The van der Waals surface area contributed by atoms with E-state index in [1.54, 1.807) is 54.6 Å². The number of carbonyl (C=O) groups is 2. The molecule has 0 bridgehead atoms. The second-order valence-corrected chi connectivity index (χ2v) is 6.91. The van der Waals surface area contributed by atoms with E-state index in [9.17, 15) is 9.59 Å². The summed E-state index contributed by atoms with van der Waals surface area (Å²) in [6, 6.07) is 21.9. The number of hydrogen-bond acceptors (Lipinski definition) is 3. The van der Waals surface area contributed by atoms with Crippen LogP contribution in [0, 0.1) is 11.3 Å². The fourth-order valence-electron chi connectivity index (χ4n) is 2.68. The highest BCUT2D eigenvalue weighted by Crippen LogP contribution is 2.25. The molecule has 1 N–H and O–H groups in total. The predicted molar refractivity (Wildman–Crippen MR) is 114 cm³/mol. The quantitative estimate of drug-likeness (QED) is 0.616. The van der Waals surface area contributed by atoms with Crippen molar-refractivity contribution in [3.8, 4) is 6.07 Å². The first-order chi connectivity index (χ1) is 14.0. The minimum Gasteiger partial charge on any atom is -0.324 e. The van der Waals surface area contributed by atoms with E-state index < -0.39 is 11.8 Å². The fourth-order valence-corrected chi connectivity index (χ4v) is 2.98. The topological polar surface area (TPSA) is 73.2 Å². The minimum absolute atomic E-state index is 0.222. The lowest BCUT2D eigenvalue weighted by Gasteiger charge is -2.22. The second-order valence-electron chi connectivity index (χ2n) is 6.10. The van der Waals surface area contributed by atoms with Crippen LogP contribution in [0.15, 0.2) is 72.8 Å². The Labute approximate surface area is 178 Å². The van der Waals surface area contributed by atoms with E-state index in [1.165, 1.54) is 17.0 Å². The van der Waals surface area contributed by atoms with Crippen molar-refractivity contribution >= 4 is 46.4 Å². The summed E-state index contributed by atoms with van der Waals surface area (Å²) in [5.41, 5.74) is 1.71. The zero-order valence-corrected chi connectivity index (χ0v) is 16.6. The molecule has 29 heavy (non-hydrogen) atoms. The average molecular weight is 424 g/mol. The molecule has 3 aromatic carbocycles. The van der Waals surface area contributed by atoms with Gasteiger partial charge in [0.05, 0.1) is 21.7 Å². The van der Waals surface area contributed by atoms with Crippen molar-refractivity contribution in [3.05, 3.63) is 94.0 Å². The van der Waals surface area contributed by atoms with Crippen LogP contribution in [0.3, 0.4) is 0 Å². The van der Waals surface area contributed by atoms with Gasteiger partial charge in [-0.3, -0.25) is 14.5 Å². The summed E-state index contributed by atoms with van der Waals surface area (Å²) in [7, 11) is 0. The van der Waals surface area contributed by atoms with Crippen molar-refractivity contribution in [1.82, 2.24) is 0 Å². The summed E-state index contributed by atoms with van der Waals surface area (Å²) in [6.45, 7) is -0.222. The third-order valence-corrected chi connectivity index (χ3v) is 4.80. The van der Waals surface area contributed by atoms with Crippen LogP contribution < -0.4 is 10.2 Å². The van der Waals surface area contributed by atoms with Gasteiger partial charge in [0.25, 0.3) is 5.91 Å². The molecule has 144 valence electrons. The number of rotatable bonds is 5. The molecule has 0 aliphatic heterocycles. The standard InChI is InChI=1S/C22H15Cl2N3O2/c23-19-10-9-17(12-20(19)24)26-21(28)14-27(18-7-2-1-3-8-18)22(29)16-6-4-5-15(11-16)13-25/h1-12H,14H2,(H,26,28). The van der Waals surface area contributed by atoms with Crippen LogP contribution in [0.2, 0.25) is 10.0 Å². The second kappa shape index (κ2) is 9.24. The lowest BCUT2D eigenvalue weighted by molar-refractivity contribution is -0.114. The number of hydrogen-bond donors (Lipinski definition) is 1. The third kappa shape index (κ3) is 5.14. The number of nitrogens with one attached hydrogen (secondary N) is 1. The molecule has 0 radical (unpaired) electrons. The van der Waals surface area contributed by atoms with E-state index in [4.69, 9.17) is 28.5 Å². The smallest absolute Gasteiger partial charge is 0.258 e. The van der Waals surface area contributed by atoms with Crippen molar-refractivity contribution in [2.45, 2.75) is 0 Å². The Morgan fingerprint density at radius 2 is 1.69 bits per heavy atom. The highest BCUT2D eigenvalue weighted by Gasteiger charge is 2.21. The third-order valence-electron chi connectivity index (χ3n) is 4.06. The Balaban J connectivity index is 1.85. The number of halogens is 2. The van der Waals surface area contributed by atoms with Crippen molar-refractivity contribution in [3.63, 3.8) is 0 Å². The van der Waals surface area contributed by atoms with Gasteiger partial charge in [-0.2, -0.15) is 5.26 Å². The SMILES string of the molecule is N#Cc1cccc(C(=O)N(CC(=O)Nc2ccc(Cl)c(Cl)c2)c2ccccc2)c1. The van der Waals surface area contributed by atoms with E-state index in [1.807, 2.05) is 12.1 Å². The first-order valence-electron chi connectivity index (χ1n) is 8.60. The molecule has 0 fully saturated rings. The van der Waals surface area contributed by atoms with Crippen molar-refractivity contribution in [2.24, 2.45) is 0 Å². The van der Waals surface area contributed by atoms with Crippen LogP contribution in [0.4, 0.5) is 11.4 Å². The maximum Gasteiger partial charge on any atom is 0.258 e. The molecule has 3 rings (SSSR count). The first kappa shape index (κ1) is 20.4. The van der Waals surface area contributed by atoms with Crippen LogP contribution in [-0.2, 0) is 4.79 Å². The summed E-state index contributed by atoms with van der Waals surface area (Å²) in [6.07, 6.45) is 0. The summed E-state index contributed by atoms with van der Waals surface area (Å²) in [5, 5.41) is 12.5. The van der Waals surface area contributed by atoms with Crippen LogP contribution in [0.1, 0.15) is 15.9 Å².